The zero-order valence-electron chi connectivity index (χ0n) is 27.4. The molecule has 4 rings (SSSR count). The number of hydrogen-bond acceptors (Lipinski definition) is 6. The Balaban J connectivity index is 1.84. The lowest BCUT2D eigenvalue weighted by atomic mass is 10.0. The van der Waals surface area contributed by atoms with E-state index in [-0.39, 0.29) is 35.2 Å². The van der Waals surface area contributed by atoms with Crippen LogP contribution < -0.4 is 19.1 Å². The summed E-state index contributed by atoms with van der Waals surface area (Å²) in [5, 5.41) is 3.85. The maximum absolute atomic E-state index is 14.6. The Hall–Kier alpha value is -4.25. The van der Waals surface area contributed by atoms with Gasteiger partial charge < -0.3 is 19.7 Å². The van der Waals surface area contributed by atoms with Crippen molar-refractivity contribution >= 4 is 50.7 Å². The van der Waals surface area contributed by atoms with Crippen LogP contribution >= 0.6 is 23.2 Å². The molecule has 0 radical (unpaired) electrons. The first-order valence-electron chi connectivity index (χ1n) is 15.1. The van der Waals surface area contributed by atoms with Crippen LogP contribution in [0.5, 0.6) is 11.5 Å². The lowest BCUT2D eigenvalue weighted by Crippen LogP contribution is -2.56. The minimum Gasteiger partial charge on any atom is -0.493 e. The number of nitrogens with zero attached hydrogens (tertiary/aromatic N) is 2. The van der Waals surface area contributed by atoms with Gasteiger partial charge >= 0.3 is 0 Å². The number of rotatable bonds is 13. The van der Waals surface area contributed by atoms with E-state index in [1.165, 1.54) is 61.6 Å². The molecule has 0 aliphatic carbocycles. The molecule has 0 unspecified atom stereocenters. The highest BCUT2D eigenvalue weighted by Crippen LogP contribution is 2.33. The molecule has 1 N–H and O–H groups in total. The molecule has 12 heteroatoms. The van der Waals surface area contributed by atoms with E-state index >= 15 is 0 Å². The summed E-state index contributed by atoms with van der Waals surface area (Å²) in [6.07, 6.45) is 0.179. The zero-order chi connectivity index (χ0) is 35.1. The average Bonchev–Trinajstić information content (AvgIpc) is 3.04. The number of nitrogens with one attached hydrogen (secondary N) is 1. The molecular weight excluding hydrogens is 673 g/mol. The van der Waals surface area contributed by atoms with Crippen molar-refractivity contribution < 1.29 is 27.5 Å². The highest BCUT2D eigenvalue weighted by molar-refractivity contribution is 7.92. The summed E-state index contributed by atoms with van der Waals surface area (Å²) in [5.41, 5.74) is 1.08. The van der Waals surface area contributed by atoms with Crippen LogP contribution in [0.3, 0.4) is 0 Å². The van der Waals surface area contributed by atoms with Gasteiger partial charge in [0.15, 0.2) is 11.5 Å². The Morgan fingerprint density at radius 2 is 1.44 bits per heavy atom. The lowest BCUT2D eigenvalue weighted by Gasteiger charge is -2.35. The molecule has 0 aliphatic heterocycles. The van der Waals surface area contributed by atoms with Crippen molar-refractivity contribution in [1.29, 1.82) is 0 Å². The number of carbonyl (C=O) groups excluding carboxylic acids is 2. The Morgan fingerprint density at radius 3 is 2.04 bits per heavy atom. The number of sulfonamides is 1. The highest BCUT2D eigenvalue weighted by Gasteiger charge is 2.36. The fourth-order valence-electron chi connectivity index (χ4n) is 5.08. The van der Waals surface area contributed by atoms with Crippen molar-refractivity contribution in [3.05, 3.63) is 118 Å². The topological polar surface area (TPSA) is 105 Å². The number of ether oxygens (including phenoxy) is 2. The first kappa shape index (κ1) is 36.6. The third kappa shape index (κ3) is 9.43. The summed E-state index contributed by atoms with van der Waals surface area (Å²) < 4.78 is 40.4. The molecule has 48 heavy (non-hydrogen) atoms. The van der Waals surface area contributed by atoms with Gasteiger partial charge in [0.25, 0.3) is 10.0 Å². The molecule has 0 aliphatic rings. The molecule has 254 valence electrons. The minimum atomic E-state index is -4.38. The zero-order valence-corrected chi connectivity index (χ0v) is 29.8. The molecule has 0 bridgehead atoms. The van der Waals surface area contributed by atoms with Crippen molar-refractivity contribution in [2.24, 2.45) is 0 Å². The van der Waals surface area contributed by atoms with Gasteiger partial charge in [0.1, 0.15) is 12.6 Å². The molecule has 0 fully saturated rings. The smallest absolute Gasteiger partial charge is 0.264 e. The van der Waals surface area contributed by atoms with Gasteiger partial charge in [0, 0.05) is 34.6 Å². The SMILES string of the molecule is COc1ccc(S(=O)(=O)N(CC(=O)N(Cc2cccc(Cl)c2)[C@@H](Cc2ccccc2)C(=O)NC(C)(C)C)c2ccc(Cl)cc2)cc1OC. The molecule has 0 saturated heterocycles. The summed E-state index contributed by atoms with van der Waals surface area (Å²) >= 11 is 12.5. The number of benzene rings is 4. The Kier molecular flexibility index (Phi) is 12.0. The van der Waals surface area contributed by atoms with Crippen molar-refractivity contribution in [1.82, 2.24) is 10.2 Å². The predicted octanol–water partition coefficient (Wildman–Crippen LogP) is 6.76. The van der Waals surface area contributed by atoms with Gasteiger partial charge in [-0.2, -0.15) is 0 Å². The maximum Gasteiger partial charge on any atom is 0.264 e. The van der Waals surface area contributed by atoms with E-state index in [1.807, 2.05) is 51.1 Å². The summed E-state index contributed by atoms with van der Waals surface area (Å²) in [7, 11) is -1.53. The number of amides is 2. The average molecular weight is 713 g/mol. The van der Waals surface area contributed by atoms with E-state index in [1.54, 1.807) is 24.3 Å². The number of carbonyl (C=O) groups is 2. The standard InChI is InChI=1S/C36H39Cl2N3O6S/c1-36(2,3)39-35(43)31(21-25-10-7-6-8-11-25)40(23-26-12-9-13-28(38)20-26)34(42)24-41(29-16-14-27(37)15-17-29)48(44,45)30-18-19-32(46-4)33(22-30)47-5/h6-20,22,31H,21,23-24H2,1-5H3,(H,39,43)/t31-/m0/s1. The predicted molar refractivity (Wildman–Crippen MR) is 189 cm³/mol. The van der Waals surface area contributed by atoms with Crippen LogP contribution in [0.2, 0.25) is 10.0 Å². The van der Waals surface area contributed by atoms with Gasteiger partial charge in [-0.1, -0.05) is 65.7 Å². The second-order valence-electron chi connectivity index (χ2n) is 12.1. The summed E-state index contributed by atoms with van der Waals surface area (Å²) in [6, 6.07) is 25.6. The van der Waals surface area contributed by atoms with Gasteiger partial charge in [-0.3, -0.25) is 13.9 Å². The molecule has 0 heterocycles. The van der Waals surface area contributed by atoms with Gasteiger partial charge in [-0.05, 0) is 80.4 Å². The first-order valence-corrected chi connectivity index (χ1v) is 17.3. The normalized spacial score (nSPS) is 12.1. The third-order valence-corrected chi connectivity index (χ3v) is 9.60. The van der Waals surface area contributed by atoms with Crippen LogP contribution in [-0.2, 0) is 32.6 Å². The summed E-state index contributed by atoms with van der Waals surface area (Å²) in [4.78, 5) is 29.9. The fourth-order valence-corrected chi connectivity index (χ4v) is 6.85. The molecule has 0 saturated carbocycles. The van der Waals surface area contributed by atoms with E-state index in [0.717, 1.165) is 9.87 Å². The first-order chi connectivity index (χ1) is 22.7. The quantitative estimate of drug-likeness (QED) is 0.164. The number of hydrogen-bond donors (Lipinski definition) is 1. The second kappa shape index (κ2) is 15.8. The van der Waals surface area contributed by atoms with Crippen LogP contribution in [0.15, 0.2) is 102 Å². The van der Waals surface area contributed by atoms with Gasteiger partial charge in [-0.15, -0.1) is 0 Å². The molecule has 1 atom stereocenters. The highest BCUT2D eigenvalue weighted by atomic mass is 35.5. The molecule has 4 aromatic rings. The molecule has 2 amide bonds. The number of halogens is 2. The molecule has 4 aromatic carbocycles. The minimum absolute atomic E-state index is 0.0146. The molecule has 0 aromatic heterocycles. The monoisotopic (exact) mass is 711 g/mol. The Morgan fingerprint density at radius 1 is 0.792 bits per heavy atom. The molecule has 0 spiro atoms. The van der Waals surface area contributed by atoms with Crippen LogP contribution in [0.25, 0.3) is 0 Å². The van der Waals surface area contributed by atoms with Crippen LogP contribution in [-0.4, -0.2) is 57.5 Å². The van der Waals surface area contributed by atoms with E-state index in [4.69, 9.17) is 32.7 Å². The summed E-state index contributed by atoms with van der Waals surface area (Å²) in [5.74, 6) is -0.460. The molecule has 9 nitrogen and oxygen atoms in total. The van der Waals surface area contributed by atoms with Crippen molar-refractivity contribution in [3.8, 4) is 11.5 Å². The van der Waals surface area contributed by atoms with Gasteiger partial charge in [-0.25, -0.2) is 8.42 Å². The second-order valence-corrected chi connectivity index (χ2v) is 14.8. The van der Waals surface area contributed by atoms with Crippen LogP contribution in [0, 0.1) is 0 Å². The third-order valence-electron chi connectivity index (χ3n) is 7.35. The number of methoxy groups -OCH3 is 2. The van der Waals surface area contributed by atoms with Crippen LogP contribution in [0.1, 0.15) is 31.9 Å². The van der Waals surface area contributed by atoms with Crippen molar-refractivity contribution in [2.45, 2.75) is 50.2 Å². The van der Waals surface area contributed by atoms with E-state index in [2.05, 4.69) is 5.32 Å². The van der Waals surface area contributed by atoms with Crippen molar-refractivity contribution in [2.75, 3.05) is 25.1 Å². The van der Waals surface area contributed by atoms with Crippen LogP contribution in [0.4, 0.5) is 5.69 Å². The number of anilines is 1. The lowest BCUT2D eigenvalue weighted by molar-refractivity contribution is -0.140. The Labute approximate surface area is 292 Å². The molecular formula is C36H39Cl2N3O6S. The van der Waals surface area contributed by atoms with Gasteiger partial charge in [0.2, 0.25) is 11.8 Å². The Bertz CT molecular complexity index is 1830. The fraction of sp³-hybridized carbons (Fsp3) is 0.278. The van der Waals surface area contributed by atoms with Crippen molar-refractivity contribution in [3.63, 3.8) is 0 Å². The van der Waals surface area contributed by atoms with Gasteiger partial charge in [0.05, 0.1) is 24.8 Å². The maximum atomic E-state index is 14.6. The largest absolute Gasteiger partial charge is 0.493 e. The summed E-state index contributed by atoms with van der Waals surface area (Å²) in [6.45, 7) is 4.91. The van der Waals surface area contributed by atoms with E-state index < -0.39 is 34.1 Å². The van der Waals surface area contributed by atoms with E-state index in [0.29, 0.717) is 21.4 Å². The van der Waals surface area contributed by atoms with E-state index in [9.17, 15) is 18.0 Å².